The van der Waals surface area contributed by atoms with Gasteiger partial charge in [0.05, 0.1) is 6.54 Å². The van der Waals surface area contributed by atoms with Gasteiger partial charge in [0.2, 0.25) is 0 Å². The minimum Gasteiger partial charge on any atom is -0.330 e. The van der Waals surface area contributed by atoms with Crippen LogP contribution < -0.4 is 0 Å². The third kappa shape index (κ3) is 30.5. The molecule has 0 atom stereocenters. The van der Waals surface area contributed by atoms with Gasteiger partial charge in [0, 0.05) is 12.0 Å². The highest BCUT2D eigenvalue weighted by Gasteiger charge is 1.73. The van der Waals surface area contributed by atoms with E-state index in [4.69, 9.17) is 10.1 Å². The summed E-state index contributed by atoms with van der Waals surface area (Å²) < 4.78 is 7.49. The molecule has 0 amide bonds. The summed E-state index contributed by atoms with van der Waals surface area (Å²) in [6.07, 6.45) is 3.60. The largest absolute Gasteiger partial charge is 0.330 e. The molecule has 0 aromatic rings. The van der Waals surface area contributed by atoms with Crippen molar-refractivity contribution in [3.8, 4) is 0 Å². The predicted octanol–water partition coefficient (Wildman–Crippen LogP) is 2.20. The Morgan fingerprint density at radius 2 is 2.00 bits per heavy atom. The normalized spacial score (nSPS) is 7.44. The van der Waals surface area contributed by atoms with Crippen molar-refractivity contribution < 1.29 is 4.55 Å². The Morgan fingerprint density at radius 3 is 2.11 bits per heavy atom. The lowest BCUT2D eigenvalue weighted by molar-refractivity contribution is 0.669. The van der Waals surface area contributed by atoms with Crippen LogP contribution in [0.25, 0.3) is 0 Å². The van der Waals surface area contributed by atoms with Gasteiger partial charge in [0.1, 0.15) is 0 Å². The van der Waals surface area contributed by atoms with Crippen LogP contribution >= 0.6 is 23.8 Å². The molecular formula is C4H12N2OS2. The van der Waals surface area contributed by atoms with Gasteiger partial charge in [-0.15, -0.1) is 0 Å². The van der Waals surface area contributed by atoms with Crippen LogP contribution in [-0.4, -0.2) is 29.4 Å². The number of rotatable bonds is 3. The summed E-state index contributed by atoms with van der Waals surface area (Å²) in [6, 6.07) is 0. The van der Waals surface area contributed by atoms with E-state index in [0.29, 0.717) is 6.54 Å². The zero-order valence-electron chi connectivity index (χ0n) is 5.63. The molecule has 0 heterocycles. The van der Waals surface area contributed by atoms with E-state index in [-0.39, 0.29) is 0 Å². The van der Waals surface area contributed by atoms with Crippen LogP contribution in [0.4, 0.5) is 0 Å². The molecule has 0 aromatic heterocycles. The van der Waals surface area contributed by atoms with Gasteiger partial charge in [-0.05, 0) is 18.3 Å². The summed E-state index contributed by atoms with van der Waals surface area (Å²) in [5.74, 6) is 0.976. The highest BCUT2D eigenvalue weighted by Crippen LogP contribution is 1.88. The Labute approximate surface area is 64.3 Å². The van der Waals surface area contributed by atoms with Gasteiger partial charge in [-0.25, -0.2) is 5.53 Å². The fourth-order valence-electron chi connectivity index (χ4n) is 0.137. The molecule has 3 nitrogen and oxygen atoms in total. The molecule has 0 saturated heterocycles. The first-order valence-corrected chi connectivity index (χ1v) is 4.90. The van der Waals surface area contributed by atoms with E-state index in [1.54, 1.807) is 18.0 Å². The van der Waals surface area contributed by atoms with Gasteiger partial charge in [-0.1, -0.05) is 0 Å². The lowest BCUT2D eigenvalue weighted by atomic mass is 10.8. The molecule has 0 unspecified atom stereocenters. The molecule has 0 aliphatic rings. The van der Waals surface area contributed by atoms with Gasteiger partial charge in [-0.3, -0.25) is 0 Å². The SMILES string of the molecule is CSCCN=N.CSO. The molecule has 0 aliphatic carbocycles. The average Bonchev–Trinajstić information content (AvgIpc) is 1.86. The zero-order valence-corrected chi connectivity index (χ0v) is 7.26. The molecule has 0 saturated carbocycles. The first kappa shape index (κ1) is 12.0. The smallest absolute Gasteiger partial charge is 0.0686 e. The fourth-order valence-corrected chi connectivity index (χ4v) is 0.411. The maximum absolute atomic E-state index is 7.49. The zero-order chi connectivity index (χ0) is 7.54. The molecule has 0 spiro atoms. The third-order valence-electron chi connectivity index (χ3n) is 0.407. The fraction of sp³-hybridized carbons (Fsp3) is 1.00. The quantitative estimate of drug-likeness (QED) is 0.386. The van der Waals surface area contributed by atoms with Crippen molar-refractivity contribution in [3.63, 3.8) is 0 Å². The first-order chi connectivity index (χ1) is 4.33. The summed E-state index contributed by atoms with van der Waals surface area (Å²) in [5.41, 5.74) is 6.32. The highest BCUT2D eigenvalue weighted by atomic mass is 32.2. The van der Waals surface area contributed by atoms with Crippen LogP contribution in [0.5, 0.6) is 0 Å². The van der Waals surface area contributed by atoms with Crippen molar-refractivity contribution in [1.29, 1.82) is 5.53 Å². The van der Waals surface area contributed by atoms with E-state index in [9.17, 15) is 0 Å². The number of thioether (sulfide) groups is 1. The number of hydrogen-bond donors (Lipinski definition) is 2. The molecule has 56 valence electrons. The molecule has 5 heteroatoms. The summed E-state index contributed by atoms with van der Waals surface area (Å²) in [6.45, 7) is 0.668. The van der Waals surface area contributed by atoms with Gasteiger partial charge < -0.3 is 4.55 Å². The van der Waals surface area contributed by atoms with Gasteiger partial charge >= 0.3 is 0 Å². The first-order valence-electron chi connectivity index (χ1n) is 2.33. The molecule has 2 N–H and O–H groups in total. The summed E-state index contributed by atoms with van der Waals surface area (Å²) in [4.78, 5) is 0. The van der Waals surface area contributed by atoms with Crippen molar-refractivity contribution in [2.75, 3.05) is 24.8 Å². The van der Waals surface area contributed by atoms with Crippen molar-refractivity contribution in [2.24, 2.45) is 5.11 Å². The molecule has 0 fully saturated rings. The Morgan fingerprint density at radius 1 is 1.56 bits per heavy atom. The van der Waals surface area contributed by atoms with Crippen LogP contribution in [0.15, 0.2) is 5.11 Å². The second-order valence-corrected chi connectivity index (χ2v) is 2.41. The highest BCUT2D eigenvalue weighted by molar-refractivity contribution is 7.98. The Kier molecular flexibility index (Phi) is 21.0. The van der Waals surface area contributed by atoms with Crippen molar-refractivity contribution in [2.45, 2.75) is 0 Å². The molecule has 0 bridgehead atoms. The van der Waals surface area contributed by atoms with E-state index in [2.05, 4.69) is 5.11 Å². The average molecular weight is 168 g/mol. The Hall–Kier alpha value is 0.260. The number of hydrogen-bond acceptors (Lipinski definition) is 5. The van der Waals surface area contributed by atoms with E-state index in [0.717, 1.165) is 17.8 Å². The standard InChI is InChI=1S/C3H8N2S.CH4OS/c1-6-3-2-5-4;1-3-2/h4H,2-3H2,1H3;2H,1H3. The molecule has 9 heavy (non-hydrogen) atoms. The van der Waals surface area contributed by atoms with E-state index < -0.39 is 0 Å². The maximum atomic E-state index is 7.49. The van der Waals surface area contributed by atoms with Crippen LogP contribution in [0.2, 0.25) is 0 Å². The second-order valence-electron chi connectivity index (χ2n) is 1.06. The minimum absolute atomic E-state index is 0.668. The number of nitrogens with zero attached hydrogens (tertiary/aromatic N) is 1. The predicted molar refractivity (Wildman–Crippen MR) is 44.5 cm³/mol. The summed E-state index contributed by atoms with van der Waals surface area (Å²) >= 11 is 2.46. The summed E-state index contributed by atoms with van der Waals surface area (Å²) in [7, 11) is 0. The lowest BCUT2D eigenvalue weighted by Crippen LogP contribution is -1.78. The second kappa shape index (κ2) is 15.7. The molecule has 0 rings (SSSR count). The van der Waals surface area contributed by atoms with E-state index >= 15 is 0 Å². The van der Waals surface area contributed by atoms with Crippen molar-refractivity contribution in [3.05, 3.63) is 0 Å². The Bertz CT molecular complexity index is 53.8. The minimum atomic E-state index is 0.668. The van der Waals surface area contributed by atoms with Crippen LogP contribution in [0, 0.1) is 5.53 Å². The molecular weight excluding hydrogens is 156 g/mol. The maximum Gasteiger partial charge on any atom is 0.0686 e. The van der Waals surface area contributed by atoms with Gasteiger partial charge in [0.15, 0.2) is 0 Å². The van der Waals surface area contributed by atoms with E-state index in [1.165, 1.54) is 0 Å². The van der Waals surface area contributed by atoms with Crippen LogP contribution in [-0.2, 0) is 0 Å². The van der Waals surface area contributed by atoms with Gasteiger partial charge in [-0.2, -0.15) is 16.9 Å². The molecule has 0 aliphatic heterocycles. The topological polar surface area (TPSA) is 56.4 Å². The van der Waals surface area contributed by atoms with Crippen molar-refractivity contribution >= 4 is 23.8 Å². The number of nitrogens with one attached hydrogen (secondary N) is 1. The molecule has 0 aromatic carbocycles. The van der Waals surface area contributed by atoms with Crippen molar-refractivity contribution in [1.82, 2.24) is 0 Å². The lowest BCUT2D eigenvalue weighted by Gasteiger charge is -1.81. The summed E-state index contributed by atoms with van der Waals surface area (Å²) in [5, 5.41) is 3.15. The van der Waals surface area contributed by atoms with E-state index in [1.807, 2.05) is 6.26 Å². The van der Waals surface area contributed by atoms with Crippen LogP contribution in [0.1, 0.15) is 0 Å². The Balaban J connectivity index is 0. The van der Waals surface area contributed by atoms with Gasteiger partial charge in [0.25, 0.3) is 0 Å². The third-order valence-corrected chi connectivity index (χ3v) is 0.998. The molecule has 0 radical (unpaired) electrons. The monoisotopic (exact) mass is 168 g/mol. The van der Waals surface area contributed by atoms with Crippen LogP contribution in [0.3, 0.4) is 0 Å².